The van der Waals surface area contributed by atoms with Gasteiger partial charge in [0.2, 0.25) is 0 Å². The maximum atomic E-state index is 13.1. The van der Waals surface area contributed by atoms with Crippen molar-refractivity contribution in [3.05, 3.63) is 41.8 Å². The number of aliphatic hydroxyl groups excluding tert-OH is 1. The molecule has 1 N–H and O–H groups in total. The molecule has 0 aliphatic heterocycles. The first-order valence-electron chi connectivity index (χ1n) is 4.41. The summed E-state index contributed by atoms with van der Waals surface area (Å²) in [5.74, 6) is -0.346. The molecule has 0 aliphatic carbocycles. The minimum atomic E-state index is -0.705. The van der Waals surface area contributed by atoms with Crippen LogP contribution < -0.4 is 0 Å². The molecular formula is C11H10FNO. The fraction of sp³-hybridized carbons (Fsp3) is 0.182. The predicted octanol–water partition coefficient (Wildman–Crippen LogP) is 2.43. The highest BCUT2D eigenvalue weighted by Gasteiger charge is 2.09. The van der Waals surface area contributed by atoms with E-state index in [4.69, 9.17) is 0 Å². The predicted molar refractivity (Wildman–Crippen MR) is 52.3 cm³/mol. The summed E-state index contributed by atoms with van der Waals surface area (Å²) >= 11 is 0. The average Bonchev–Trinajstić information content (AvgIpc) is 2.16. The van der Waals surface area contributed by atoms with Crippen LogP contribution in [-0.2, 0) is 0 Å². The highest BCUT2D eigenvalue weighted by atomic mass is 19.1. The number of fused-ring (bicyclic) bond motifs is 1. The van der Waals surface area contributed by atoms with Crippen LogP contribution in [0, 0.1) is 5.82 Å². The first-order valence-corrected chi connectivity index (χ1v) is 4.41. The molecule has 2 nitrogen and oxygen atoms in total. The molecule has 3 heteroatoms. The smallest absolute Gasteiger partial charge is 0.124 e. The highest BCUT2D eigenvalue weighted by molar-refractivity contribution is 5.81. The maximum absolute atomic E-state index is 13.1. The Morgan fingerprint density at radius 3 is 2.93 bits per heavy atom. The third-order valence-corrected chi connectivity index (χ3v) is 2.15. The second-order valence-electron chi connectivity index (χ2n) is 3.25. The minimum Gasteiger partial charge on any atom is -0.389 e. The summed E-state index contributed by atoms with van der Waals surface area (Å²) in [4.78, 5) is 4.12. The molecule has 2 aromatic rings. The lowest BCUT2D eigenvalue weighted by atomic mass is 10.1. The van der Waals surface area contributed by atoms with Crippen LogP contribution in [0.15, 0.2) is 30.5 Å². The lowest BCUT2D eigenvalue weighted by molar-refractivity contribution is 0.200. The van der Waals surface area contributed by atoms with Crippen LogP contribution in [0.2, 0.25) is 0 Å². The van der Waals surface area contributed by atoms with E-state index < -0.39 is 6.10 Å². The van der Waals surface area contributed by atoms with Gasteiger partial charge in [0.25, 0.3) is 0 Å². The molecule has 1 heterocycles. The Labute approximate surface area is 81.0 Å². The number of aliphatic hydroxyl groups is 1. The zero-order chi connectivity index (χ0) is 10.1. The fourth-order valence-corrected chi connectivity index (χ4v) is 1.50. The number of hydrogen-bond donors (Lipinski definition) is 1. The van der Waals surface area contributed by atoms with Crippen LogP contribution in [0.25, 0.3) is 10.9 Å². The Morgan fingerprint density at radius 1 is 1.43 bits per heavy atom. The standard InChI is InChI=1S/C11H10FNO/c1-7(14)10-6-9(12)5-8-3-2-4-13-11(8)10/h2-7,14H,1H3. The highest BCUT2D eigenvalue weighted by Crippen LogP contribution is 2.23. The second kappa shape index (κ2) is 3.35. The van der Waals surface area contributed by atoms with E-state index in [1.807, 2.05) is 0 Å². The van der Waals surface area contributed by atoms with Gasteiger partial charge in [0.15, 0.2) is 0 Å². The summed E-state index contributed by atoms with van der Waals surface area (Å²) in [7, 11) is 0. The number of benzene rings is 1. The number of nitrogens with zero attached hydrogens (tertiary/aromatic N) is 1. The van der Waals surface area contributed by atoms with Gasteiger partial charge in [0.1, 0.15) is 5.82 Å². The maximum Gasteiger partial charge on any atom is 0.124 e. The van der Waals surface area contributed by atoms with Crippen molar-refractivity contribution in [1.82, 2.24) is 4.98 Å². The van der Waals surface area contributed by atoms with Crippen molar-refractivity contribution >= 4 is 10.9 Å². The SMILES string of the molecule is CC(O)c1cc(F)cc2cccnc12. The van der Waals surface area contributed by atoms with Gasteiger partial charge >= 0.3 is 0 Å². The molecular weight excluding hydrogens is 181 g/mol. The third kappa shape index (κ3) is 1.46. The van der Waals surface area contributed by atoms with Gasteiger partial charge in [0, 0.05) is 17.1 Å². The molecule has 0 spiro atoms. The quantitative estimate of drug-likeness (QED) is 0.750. The van der Waals surface area contributed by atoms with Gasteiger partial charge in [0.05, 0.1) is 11.6 Å². The molecule has 1 atom stereocenters. The molecule has 0 radical (unpaired) electrons. The van der Waals surface area contributed by atoms with Crippen molar-refractivity contribution < 1.29 is 9.50 Å². The Morgan fingerprint density at radius 2 is 2.21 bits per heavy atom. The number of rotatable bonds is 1. The number of pyridine rings is 1. The normalized spacial score (nSPS) is 13.1. The van der Waals surface area contributed by atoms with Gasteiger partial charge in [-0.3, -0.25) is 4.98 Å². The Kier molecular flexibility index (Phi) is 2.17. The van der Waals surface area contributed by atoms with Gasteiger partial charge in [-0.05, 0) is 25.1 Å². The fourth-order valence-electron chi connectivity index (χ4n) is 1.50. The molecule has 0 aliphatic rings. The van der Waals surface area contributed by atoms with Crippen molar-refractivity contribution in [3.8, 4) is 0 Å². The monoisotopic (exact) mass is 191 g/mol. The van der Waals surface area contributed by atoms with Gasteiger partial charge in [-0.25, -0.2) is 4.39 Å². The number of halogens is 1. The van der Waals surface area contributed by atoms with Crippen LogP contribution in [0.4, 0.5) is 4.39 Å². The van der Waals surface area contributed by atoms with E-state index >= 15 is 0 Å². The first kappa shape index (κ1) is 9.09. The van der Waals surface area contributed by atoms with Crippen molar-refractivity contribution in [1.29, 1.82) is 0 Å². The first-order chi connectivity index (χ1) is 6.68. The van der Waals surface area contributed by atoms with Crippen molar-refractivity contribution in [2.24, 2.45) is 0 Å². The zero-order valence-corrected chi connectivity index (χ0v) is 7.74. The molecule has 1 aromatic heterocycles. The molecule has 14 heavy (non-hydrogen) atoms. The summed E-state index contributed by atoms with van der Waals surface area (Å²) in [6.07, 6.45) is 0.926. The van der Waals surface area contributed by atoms with Crippen LogP contribution in [0.5, 0.6) is 0 Å². The van der Waals surface area contributed by atoms with Crippen molar-refractivity contribution in [3.63, 3.8) is 0 Å². The summed E-state index contributed by atoms with van der Waals surface area (Å²) in [6.45, 7) is 1.60. The lowest BCUT2D eigenvalue weighted by Gasteiger charge is -2.08. The molecule has 0 fully saturated rings. The van der Waals surface area contributed by atoms with E-state index in [2.05, 4.69) is 4.98 Å². The lowest BCUT2D eigenvalue weighted by Crippen LogP contribution is -1.95. The summed E-state index contributed by atoms with van der Waals surface area (Å²) < 4.78 is 13.1. The molecule has 0 bridgehead atoms. The van der Waals surface area contributed by atoms with Gasteiger partial charge in [-0.15, -0.1) is 0 Å². The van der Waals surface area contributed by atoms with Crippen LogP contribution in [0.3, 0.4) is 0 Å². The van der Waals surface area contributed by atoms with Crippen LogP contribution in [-0.4, -0.2) is 10.1 Å². The Bertz CT molecular complexity index is 468. The van der Waals surface area contributed by atoms with E-state index in [1.54, 1.807) is 25.3 Å². The van der Waals surface area contributed by atoms with Crippen molar-refractivity contribution in [2.45, 2.75) is 13.0 Å². The van der Waals surface area contributed by atoms with E-state index in [0.29, 0.717) is 16.5 Å². The minimum absolute atomic E-state index is 0.346. The zero-order valence-electron chi connectivity index (χ0n) is 7.74. The van der Waals surface area contributed by atoms with E-state index in [0.717, 1.165) is 0 Å². The van der Waals surface area contributed by atoms with Crippen LogP contribution >= 0.6 is 0 Å². The second-order valence-corrected chi connectivity index (χ2v) is 3.25. The summed E-state index contributed by atoms with van der Waals surface area (Å²) in [5.41, 5.74) is 1.18. The molecule has 1 unspecified atom stereocenters. The topological polar surface area (TPSA) is 33.1 Å². The van der Waals surface area contributed by atoms with Crippen molar-refractivity contribution in [2.75, 3.05) is 0 Å². The molecule has 1 aromatic carbocycles. The molecule has 72 valence electrons. The largest absolute Gasteiger partial charge is 0.389 e. The third-order valence-electron chi connectivity index (χ3n) is 2.15. The Balaban J connectivity index is 2.80. The molecule has 0 amide bonds. The average molecular weight is 191 g/mol. The van der Waals surface area contributed by atoms with E-state index in [9.17, 15) is 9.50 Å². The Hall–Kier alpha value is -1.48. The van der Waals surface area contributed by atoms with Gasteiger partial charge < -0.3 is 5.11 Å². The summed E-state index contributed by atoms with van der Waals surface area (Å²) in [5, 5.41) is 10.2. The van der Waals surface area contributed by atoms with Crippen LogP contribution in [0.1, 0.15) is 18.6 Å². The van der Waals surface area contributed by atoms with E-state index in [-0.39, 0.29) is 5.82 Å². The number of aromatic nitrogens is 1. The van der Waals surface area contributed by atoms with Gasteiger partial charge in [-0.2, -0.15) is 0 Å². The molecule has 0 saturated carbocycles. The molecule has 0 saturated heterocycles. The number of hydrogen-bond acceptors (Lipinski definition) is 2. The van der Waals surface area contributed by atoms with E-state index in [1.165, 1.54) is 12.1 Å². The van der Waals surface area contributed by atoms with Gasteiger partial charge in [-0.1, -0.05) is 6.07 Å². The summed E-state index contributed by atoms with van der Waals surface area (Å²) in [6, 6.07) is 6.25. The molecule has 2 rings (SSSR count).